The summed E-state index contributed by atoms with van der Waals surface area (Å²) in [5.74, 6) is 1.39. The van der Waals surface area contributed by atoms with E-state index in [4.69, 9.17) is 17.0 Å². The minimum atomic E-state index is 0.212. The first-order chi connectivity index (χ1) is 12.4. The summed E-state index contributed by atoms with van der Waals surface area (Å²) in [7, 11) is 5.81. The molecule has 0 aliphatic rings. The summed E-state index contributed by atoms with van der Waals surface area (Å²) in [6.07, 6.45) is 0. The molecule has 0 saturated carbocycles. The van der Waals surface area contributed by atoms with E-state index in [-0.39, 0.29) is 6.04 Å². The molecule has 5 heteroatoms. The van der Waals surface area contributed by atoms with Crippen molar-refractivity contribution in [3.05, 3.63) is 59.7 Å². The Balaban J connectivity index is 1.94. The zero-order valence-corrected chi connectivity index (χ0v) is 17.1. The third-order valence-electron chi connectivity index (χ3n) is 4.42. The number of methoxy groups -OCH3 is 1. The van der Waals surface area contributed by atoms with Crippen LogP contribution in [0.15, 0.2) is 48.5 Å². The lowest BCUT2D eigenvalue weighted by molar-refractivity contribution is 0.299. The lowest BCUT2D eigenvalue weighted by Crippen LogP contribution is -2.36. The highest BCUT2D eigenvalue weighted by Crippen LogP contribution is 2.21. The Morgan fingerprint density at radius 3 is 2.08 bits per heavy atom. The van der Waals surface area contributed by atoms with Crippen molar-refractivity contribution in [1.29, 1.82) is 0 Å². The van der Waals surface area contributed by atoms with Crippen LogP contribution in [0.25, 0.3) is 0 Å². The van der Waals surface area contributed by atoms with Gasteiger partial charge in [0, 0.05) is 12.2 Å². The van der Waals surface area contributed by atoms with Gasteiger partial charge in [-0.2, -0.15) is 0 Å². The summed E-state index contributed by atoms with van der Waals surface area (Å²) in [6, 6.07) is 16.8. The first-order valence-electron chi connectivity index (χ1n) is 8.86. The van der Waals surface area contributed by atoms with Gasteiger partial charge in [-0.05, 0) is 67.6 Å². The van der Waals surface area contributed by atoms with E-state index in [0.29, 0.717) is 11.0 Å². The van der Waals surface area contributed by atoms with Gasteiger partial charge in [0.05, 0.1) is 13.2 Å². The van der Waals surface area contributed by atoms with Crippen LogP contribution in [0.4, 0.5) is 5.69 Å². The molecule has 0 heterocycles. The Hall–Kier alpha value is -2.11. The predicted octanol–water partition coefficient (Wildman–Crippen LogP) is 4.41. The normalized spacial score (nSPS) is 12.1. The SMILES string of the molecule is COc1ccc([C@@H](CNC(=S)Nc2ccc(C(C)C)cc2)N(C)C)cc1. The number of likely N-dealkylation sites (N-methyl/N-ethyl adjacent to an activating group) is 1. The third-order valence-corrected chi connectivity index (χ3v) is 4.66. The van der Waals surface area contributed by atoms with Crippen LogP contribution in [0.3, 0.4) is 0 Å². The first-order valence-corrected chi connectivity index (χ1v) is 9.26. The number of hydrogen-bond acceptors (Lipinski definition) is 3. The molecule has 0 amide bonds. The van der Waals surface area contributed by atoms with Crippen LogP contribution < -0.4 is 15.4 Å². The summed E-state index contributed by atoms with van der Waals surface area (Å²) in [5, 5.41) is 7.21. The standard InChI is InChI=1S/C21H29N3OS/c1-15(2)16-6-10-18(11-7-16)23-21(26)22-14-20(24(3)4)17-8-12-19(25-5)13-9-17/h6-13,15,20H,14H2,1-5H3,(H2,22,23,26)/t20-/m1/s1. The van der Waals surface area contributed by atoms with Gasteiger partial charge in [-0.15, -0.1) is 0 Å². The van der Waals surface area contributed by atoms with E-state index in [1.165, 1.54) is 11.1 Å². The average molecular weight is 372 g/mol. The summed E-state index contributed by atoms with van der Waals surface area (Å²) in [5.41, 5.74) is 3.53. The van der Waals surface area contributed by atoms with E-state index in [2.05, 4.69) is 79.9 Å². The summed E-state index contributed by atoms with van der Waals surface area (Å²) < 4.78 is 5.24. The molecule has 1 atom stereocenters. The van der Waals surface area contributed by atoms with Crippen LogP contribution in [0.1, 0.15) is 36.9 Å². The van der Waals surface area contributed by atoms with E-state index in [1.807, 2.05) is 12.1 Å². The molecule has 0 aliphatic heterocycles. The van der Waals surface area contributed by atoms with E-state index in [1.54, 1.807) is 7.11 Å². The van der Waals surface area contributed by atoms with Crippen molar-refractivity contribution in [3.8, 4) is 5.75 Å². The fourth-order valence-electron chi connectivity index (χ4n) is 2.74. The Morgan fingerprint density at radius 1 is 1.00 bits per heavy atom. The molecule has 2 rings (SSSR count). The number of hydrogen-bond donors (Lipinski definition) is 2. The van der Waals surface area contributed by atoms with Gasteiger partial charge < -0.3 is 20.3 Å². The fraction of sp³-hybridized carbons (Fsp3) is 0.381. The predicted molar refractivity (Wildman–Crippen MR) is 114 cm³/mol. The molecule has 0 fully saturated rings. The van der Waals surface area contributed by atoms with E-state index in [0.717, 1.165) is 18.0 Å². The molecular formula is C21H29N3OS. The number of nitrogens with zero attached hydrogens (tertiary/aromatic N) is 1. The molecule has 0 spiro atoms. The highest BCUT2D eigenvalue weighted by atomic mass is 32.1. The van der Waals surface area contributed by atoms with Gasteiger partial charge in [-0.25, -0.2) is 0 Å². The van der Waals surface area contributed by atoms with Gasteiger partial charge in [-0.1, -0.05) is 38.1 Å². The average Bonchev–Trinajstić information content (AvgIpc) is 2.62. The van der Waals surface area contributed by atoms with Crippen molar-refractivity contribution in [2.45, 2.75) is 25.8 Å². The fourth-order valence-corrected chi connectivity index (χ4v) is 2.94. The molecular weight excluding hydrogens is 342 g/mol. The van der Waals surface area contributed by atoms with E-state index in [9.17, 15) is 0 Å². The minimum Gasteiger partial charge on any atom is -0.497 e. The summed E-state index contributed by atoms with van der Waals surface area (Å²) >= 11 is 5.45. The monoisotopic (exact) mass is 371 g/mol. The molecule has 2 aromatic rings. The summed E-state index contributed by atoms with van der Waals surface area (Å²) in [4.78, 5) is 2.18. The zero-order chi connectivity index (χ0) is 19.1. The van der Waals surface area contributed by atoms with Crippen LogP contribution in [0.5, 0.6) is 5.75 Å². The molecule has 26 heavy (non-hydrogen) atoms. The maximum absolute atomic E-state index is 5.45. The second-order valence-electron chi connectivity index (χ2n) is 6.86. The minimum absolute atomic E-state index is 0.212. The number of thiocarbonyl (C=S) groups is 1. The topological polar surface area (TPSA) is 36.5 Å². The molecule has 0 aliphatic carbocycles. The second kappa shape index (κ2) is 9.55. The molecule has 0 unspecified atom stereocenters. The van der Waals surface area contributed by atoms with Gasteiger partial charge in [0.15, 0.2) is 5.11 Å². The summed E-state index contributed by atoms with van der Waals surface area (Å²) in [6.45, 7) is 5.10. The van der Waals surface area contributed by atoms with Gasteiger partial charge in [0.2, 0.25) is 0 Å². The van der Waals surface area contributed by atoms with Crippen LogP contribution in [-0.4, -0.2) is 37.8 Å². The van der Waals surface area contributed by atoms with Gasteiger partial charge in [0.1, 0.15) is 5.75 Å². The van der Waals surface area contributed by atoms with Crippen molar-refractivity contribution >= 4 is 23.0 Å². The van der Waals surface area contributed by atoms with Crippen molar-refractivity contribution in [3.63, 3.8) is 0 Å². The number of ether oxygens (including phenoxy) is 1. The molecule has 0 bridgehead atoms. The van der Waals surface area contributed by atoms with Crippen molar-refractivity contribution in [1.82, 2.24) is 10.2 Å². The molecule has 0 saturated heterocycles. The first kappa shape index (κ1) is 20.2. The largest absolute Gasteiger partial charge is 0.497 e. The van der Waals surface area contributed by atoms with E-state index < -0.39 is 0 Å². The molecule has 0 radical (unpaired) electrons. The zero-order valence-electron chi connectivity index (χ0n) is 16.2. The lowest BCUT2D eigenvalue weighted by Gasteiger charge is -2.26. The Kier molecular flexibility index (Phi) is 7.42. The molecule has 140 valence electrons. The maximum Gasteiger partial charge on any atom is 0.170 e. The highest BCUT2D eigenvalue weighted by molar-refractivity contribution is 7.80. The number of benzene rings is 2. The number of rotatable bonds is 7. The smallest absolute Gasteiger partial charge is 0.170 e. The van der Waals surface area contributed by atoms with Crippen LogP contribution in [0.2, 0.25) is 0 Å². The van der Waals surface area contributed by atoms with Crippen molar-refractivity contribution in [2.24, 2.45) is 0 Å². The highest BCUT2D eigenvalue weighted by Gasteiger charge is 2.14. The van der Waals surface area contributed by atoms with Crippen LogP contribution >= 0.6 is 12.2 Å². The van der Waals surface area contributed by atoms with E-state index >= 15 is 0 Å². The maximum atomic E-state index is 5.45. The molecule has 4 nitrogen and oxygen atoms in total. The molecule has 2 N–H and O–H groups in total. The third kappa shape index (κ3) is 5.71. The Morgan fingerprint density at radius 2 is 1.58 bits per heavy atom. The van der Waals surface area contributed by atoms with Crippen molar-refractivity contribution < 1.29 is 4.74 Å². The lowest BCUT2D eigenvalue weighted by atomic mass is 10.0. The number of nitrogens with one attached hydrogen (secondary N) is 2. The Labute approximate surface area is 162 Å². The van der Waals surface area contributed by atoms with Crippen LogP contribution in [-0.2, 0) is 0 Å². The van der Waals surface area contributed by atoms with Gasteiger partial charge in [0.25, 0.3) is 0 Å². The molecule has 2 aromatic carbocycles. The van der Waals surface area contributed by atoms with Crippen molar-refractivity contribution in [2.75, 3.05) is 33.1 Å². The van der Waals surface area contributed by atoms with Crippen LogP contribution in [0, 0.1) is 0 Å². The van der Waals surface area contributed by atoms with Gasteiger partial charge in [-0.3, -0.25) is 0 Å². The van der Waals surface area contributed by atoms with Gasteiger partial charge >= 0.3 is 0 Å². The molecule has 0 aromatic heterocycles. The second-order valence-corrected chi connectivity index (χ2v) is 7.27. The Bertz CT molecular complexity index is 696. The number of anilines is 1. The quantitative estimate of drug-likeness (QED) is 0.705.